The average molecular weight is 459 g/mol. The lowest BCUT2D eigenvalue weighted by atomic mass is 10.1. The van der Waals surface area contributed by atoms with Gasteiger partial charge in [0, 0.05) is 24.6 Å². The fraction of sp³-hybridized carbons (Fsp3) is 0.238. The number of thiocarbonyl (C=S) groups is 1. The number of rotatable bonds is 8. The molecule has 6 nitrogen and oxygen atoms in total. The van der Waals surface area contributed by atoms with Gasteiger partial charge in [-0.1, -0.05) is 30.4 Å². The van der Waals surface area contributed by atoms with Gasteiger partial charge in [0.1, 0.15) is 15.8 Å². The predicted octanol–water partition coefficient (Wildman–Crippen LogP) is 5.40. The number of unbranched alkanes of at least 4 members (excludes halogenated alkanes) is 2. The van der Waals surface area contributed by atoms with Crippen LogP contribution >= 0.6 is 35.3 Å². The van der Waals surface area contributed by atoms with Crippen molar-refractivity contribution in [2.75, 3.05) is 6.54 Å². The lowest BCUT2D eigenvalue weighted by Gasteiger charge is -2.13. The first kappa shape index (κ1) is 20.8. The first-order chi connectivity index (χ1) is 14.5. The number of carbonyl (C=O) groups excluding carboxylic acids is 1. The Morgan fingerprint density at radius 2 is 2.10 bits per heavy atom. The van der Waals surface area contributed by atoms with Crippen molar-refractivity contribution >= 4 is 67.8 Å². The summed E-state index contributed by atoms with van der Waals surface area (Å²) in [5, 5.41) is 8.69. The largest absolute Gasteiger partial charge is 0.481 e. The second-order valence-electron chi connectivity index (χ2n) is 6.77. The van der Waals surface area contributed by atoms with Crippen LogP contribution in [-0.2, 0) is 9.59 Å². The molecule has 0 bridgehead atoms. The molecule has 154 valence electrons. The molecule has 3 heterocycles. The first-order valence-corrected chi connectivity index (χ1v) is 11.5. The molecule has 1 saturated heterocycles. The van der Waals surface area contributed by atoms with Gasteiger partial charge >= 0.3 is 5.97 Å². The molecule has 3 aromatic rings. The predicted molar refractivity (Wildman–Crippen MR) is 123 cm³/mol. The van der Waals surface area contributed by atoms with E-state index < -0.39 is 5.97 Å². The topological polar surface area (TPSA) is 83.6 Å². The quantitative estimate of drug-likeness (QED) is 0.275. The van der Waals surface area contributed by atoms with E-state index in [4.69, 9.17) is 21.7 Å². The summed E-state index contributed by atoms with van der Waals surface area (Å²) in [6.45, 7) is 0.499. The number of aliphatic carboxylic acids is 1. The van der Waals surface area contributed by atoms with E-state index in [0.717, 1.165) is 28.6 Å². The maximum atomic E-state index is 12.7. The number of furan rings is 1. The fourth-order valence-electron chi connectivity index (χ4n) is 3.14. The van der Waals surface area contributed by atoms with Crippen LogP contribution in [0.25, 0.3) is 27.6 Å². The highest BCUT2D eigenvalue weighted by Crippen LogP contribution is 2.34. The smallest absolute Gasteiger partial charge is 0.303 e. The molecule has 0 radical (unpaired) electrons. The van der Waals surface area contributed by atoms with Crippen LogP contribution < -0.4 is 0 Å². The molecular weight excluding hydrogens is 440 g/mol. The molecule has 9 heteroatoms. The van der Waals surface area contributed by atoms with Crippen LogP contribution in [0.15, 0.2) is 45.2 Å². The van der Waals surface area contributed by atoms with Crippen molar-refractivity contribution in [1.29, 1.82) is 0 Å². The molecule has 0 saturated carbocycles. The maximum Gasteiger partial charge on any atom is 0.303 e. The number of amides is 1. The molecule has 1 amide bonds. The summed E-state index contributed by atoms with van der Waals surface area (Å²) < 4.78 is 7.57. The number of hydrogen-bond acceptors (Lipinski definition) is 7. The minimum absolute atomic E-state index is 0.134. The van der Waals surface area contributed by atoms with Crippen molar-refractivity contribution in [3.05, 3.63) is 46.5 Å². The van der Waals surface area contributed by atoms with Crippen LogP contribution in [-0.4, -0.2) is 37.7 Å². The number of nitrogens with zero attached hydrogens (tertiary/aromatic N) is 2. The summed E-state index contributed by atoms with van der Waals surface area (Å²) in [6.07, 6.45) is 3.93. The number of fused-ring (bicyclic) bond motifs is 1. The molecule has 2 aromatic heterocycles. The molecule has 0 aliphatic carbocycles. The Hall–Kier alpha value is -2.49. The Balaban J connectivity index is 1.41. The van der Waals surface area contributed by atoms with Gasteiger partial charge in [0.05, 0.1) is 20.6 Å². The zero-order chi connectivity index (χ0) is 21.1. The molecule has 4 rings (SSSR count). The Labute approximate surface area is 186 Å². The minimum atomic E-state index is -0.798. The molecule has 1 aliphatic rings. The third kappa shape index (κ3) is 4.63. The van der Waals surface area contributed by atoms with Crippen LogP contribution in [0.5, 0.6) is 0 Å². The molecule has 30 heavy (non-hydrogen) atoms. The van der Waals surface area contributed by atoms with Crippen molar-refractivity contribution in [2.45, 2.75) is 25.7 Å². The van der Waals surface area contributed by atoms with Crippen molar-refractivity contribution in [2.24, 2.45) is 0 Å². The molecule has 1 fully saturated rings. The van der Waals surface area contributed by atoms with Gasteiger partial charge in [-0.15, -0.1) is 11.3 Å². The van der Waals surface area contributed by atoms with E-state index in [0.29, 0.717) is 33.7 Å². The third-order valence-electron chi connectivity index (χ3n) is 4.66. The highest BCUT2D eigenvalue weighted by molar-refractivity contribution is 8.26. The normalized spacial score (nSPS) is 15.6. The molecule has 0 atom stereocenters. The van der Waals surface area contributed by atoms with E-state index in [1.165, 1.54) is 11.8 Å². The molecule has 1 aliphatic heterocycles. The van der Waals surface area contributed by atoms with E-state index in [1.807, 2.05) is 35.8 Å². The van der Waals surface area contributed by atoms with Gasteiger partial charge in [0.2, 0.25) is 0 Å². The Morgan fingerprint density at radius 1 is 1.23 bits per heavy atom. The second-order valence-corrected chi connectivity index (χ2v) is 9.34. The van der Waals surface area contributed by atoms with Crippen molar-refractivity contribution < 1.29 is 19.1 Å². The number of aromatic nitrogens is 1. The Morgan fingerprint density at radius 3 is 2.93 bits per heavy atom. The van der Waals surface area contributed by atoms with E-state index >= 15 is 0 Å². The number of thioether (sulfide) groups is 1. The van der Waals surface area contributed by atoms with Crippen LogP contribution in [0.3, 0.4) is 0 Å². The third-order valence-corrected chi connectivity index (χ3v) is 6.85. The SMILES string of the molecule is O=C(O)CCCCCN1C(=O)/C(=C/c2ccc(-c3ccc4scnc4c3)o2)SC1=S. The summed E-state index contributed by atoms with van der Waals surface area (Å²) in [5.74, 6) is 0.369. The molecule has 1 aromatic carbocycles. The van der Waals surface area contributed by atoms with Gasteiger partial charge in [0.25, 0.3) is 5.91 Å². The zero-order valence-corrected chi connectivity index (χ0v) is 18.3. The highest BCUT2D eigenvalue weighted by Gasteiger charge is 2.31. The van der Waals surface area contributed by atoms with E-state index in [9.17, 15) is 9.59 Å². The molecule has 1 N–H and O–H groups in total. The first-order valence-electron chi connectivity index (χ1n) is 9.42. The Kier molecular flexibility index (Phi) is 6.31. The van der Waals surface area contributed by atoms with Crippen LogP contribution in [0.4, 0.5) is 0 Å². The summed E-state index contributed by atoms with van der Waals surface area (Å²) in [6, 6.07) is 9.71. The summed E-state index contributed by atoms with van der Waals surface area (Å²) >= 11 is 8.20. The maximum absolute atomic E-state index is 12.7. The summed E-state index contributed by atoms with van der Waals surface area (Å²) in [7, 11) is 0. The number of hydrogen-bond donors (Lipinski definition) is 1. The van der Waals surface area contributed by atoms with Crippen molar-refractivity contribution in [3.63, 3.8) is 0 Å². The van der Waals surface area contributed by atoms with Gasteiger partial charge in [-0.3, -0.25) is 14.5 Å². The van der Waals surface area contributed by atoms with Gasteiger partial charge in [0.15, 0.2) is 0 Å². The zero-order valence-electron chi connectivity index (χ0n) is 15.9. The number of carboxylic acid groups (broad SMARTS) is 1. The average Bonchev–Trinajstić information content (AvgIpc) is 3.43. The lowest BCUT2D eigenvalue weighted by Crippen LogP contribution is -2.29. The van der Waals surface area contributed by atoms with Gasteiger partial charge in [-0.05, 0) is 43.2 Å². The Bertz CT molecular complexity index is 1150. The van der Waals surface area contributed by atoms with Gasteiger partial charge in [-0.25, -0.2) is 4.98 Å². The highest BCUT2D eigenvalue weighted by atomic mass is 32.2. The van der Waals surface area contributed by atoms with Crippen LogP contribution in [0, 0.1) is 0 Å². The second kappa shape index (κ2) is 9.11. The number of carboxylic acids is 1. The van der Waals surface area contributed by atoms with Crippen LogP contribution in [0.1, 0.15) is 31.4 Å². The monoisotopic (exact) mass is 458 g/mol. The molecule has 0 unspecified atom stereocenters. The summed E-state index contributed by atoms with van der Waals surface area (Å²) in [5.41, 5.74) is 3.68. The number of thiazole rings is 1. The van der Waals surface area contributed by atoms with E-state index in [-0.39, 0.29) is 12.3 Å². The van der Waals surface area contributed by atoms with Crippen molar-refractivity contribution in [3.8, 4) is 11.3 Å². The summed E-state index contributed by atoms with van der Waals surface area (Å²) in [4.78, 5) is 29.7. The van der Waals surface area contributed by atoms with E-state index in [1.54, 1.807) is 22.3 Å². The van der Waals surface area contributed by atoms with Crippen molar-refractivity contribution in [1.82, 2.24) is 9.88 Å². The fourth-order valence-corrected chi connectivity index (χ4v) is 5.09. The van der Waals surface area contributed by atoms with Gasteiger partial charge in [-0.2, -0.15) is 0 Å². The number of carbonyl (C=O) groups is 2. The van der Waals surface area contributed by atoms with Crippen LogP contribution in [0.2, 0.25) is 0 Å². The number of benzene rings is 1. The minimum Gasteiger partial charge on any atom is -0.481 e. The molecule has 0 spiro atoms. The molecular formula is C21H18N2O4S3. The van der Waals surface area contributed by atoms with E-state index in [2.05, 4.69) is 4.98 Å². The standard InChI is InChI=1S/C21H18N2O4S3/c24-19(25)4-2-1-3-9-23-20(26)18(30-21(23)28)11-14-6-7-16(27-14)13-5-8-17-15(10-13)22-12-29-17/h5-8,10-12H,1-4,9H2,(H,24,25)/b18-11-. The lowest BCUT2D eigenvalue weighted by molar-refractivity contribution is -0.137. The van der Waals surface area contributed by atoms with Gasteiger partial charge < -0.3 is 9.52 Å².